The molecule has 3 aliphatic rings. The van der Waals surface area contributed by atoms with E-state index in [0.717, 1.165) is 44.6 Å². The highest BCUT2D eigenvalue weighted by molar-refractivity contribution is 5.94. The largest absolute Gasteiger partial charge is 0.367 e. The highest BCUT2D eigenvalue weighted by Gasteiger charge is 2.37. The summed E-state index contributed by atoms with van der Waals surface area (Å²) in [6.45, 7) is 4.22. The number of benzene rings is 1. The van der Waals surface area contributed by atoms with Gasteiger partial charge in [0.05, 0.1) is 5.56 Å². The molecule has 5 rings (SSSR count). The number of nitrogens with one attached hydrogen (secondary N) is 1. The first-order valence-corrected chi connectivity index (χ1v) is 9.49. The van der Waals surface area contributed by atoms with E-state index in [0.29, 0.717) is 12.0 Å². The summed E-state index contributed by atoms with van der Waals surface area (Å²) < 4.78 is 0. The van der Waals surface area contributed by atoms with Crippen LogP contribution in [0.2, 0.25) is 0 Å². The van der Waals surface area contributed by atoms with E-state index < -0.39 is 0 Å². The first kappa shape index (κ1) is 16.4. The number of fused-ring (bicyclic) bond motifs is 4. The van der Waals surface area contributed by atoms with Crippen LogP contribution in [-0.4, -0.2) is 52.9 Å². The molecule has 1 N–H and O–H groups in total. The number of aromatic amines is 1. The van der Waals surface area contributed by atoms with E-state index in [1.807, 2.05) is 18.5 Å². The van der Waals surface area contributed by atoms with Crippen LogP contribution in [0.3, 0.4) is 0 Å². The molecular weight excluding hydrogens is 310 g/mol. The van der Waals surface area contributed by atoms with Gasteiger partial charge in [0, 0.05) is 38.1 Å². The highest BCUT2D eigenvalue weighted by Crippen LogP contribution is 2.29. The van der Waals surface area contributed by atoms with Crippen molar-refractivity contribution in [2.45, 2.75) is 31.7 Å². The summed E-state index contributed by atoms with van der Waals surface area (Å²) in [4.78, 5) is 20.5. The number of piperidine rings is 1. The van der Waals surface area contributed by atoms with Crippen LogP contribution in [0, 0.1) is 5.92 Å². The van der Waals surface area contributed by atoms with Crippen LogP contribution in [0.4, 0.5) is 0 Å². The maximum Gasteiger partial charge on any atom is 0.255 e. The molecule has 0 aliphatic carbocycles. The molecule has 25 heavy (non-hydrogen) atoms. The van der Waals surface area contributed by atoms with Crippen LogP contribution in [-0.2, 0) is 6.42 Å². The molecule has 2 bridgehead atoms. The Morgan fingerprint density at radius 3 is 2.76 bits per heavy atom. The van der Waals surface area contributed by atoms with E-state index in [9.17, 15) is 4.79 Å². The van der Waals surface area contributed by atoms with E-state index in [-0.39, 0.29) is 5.91 Å². The third kappa shape index (κ3) is 3.79. The van der Waals surface area contributed by atoms with Gasteiger partial charge in [-0.15, -0.1) is 0 Å². The van der Waals surface area contributed by atoms with Crippen LogP contribution in [0.25, 0.3) is 0 Å². The molecule has 0 saturated carbocycles. The second-order valence-corrected chi connectivity index (χ2v) is 7.50. The average Bonchev–Trinajstić information content (AvgIpc) is 3.04. The number of aromatic nitrogens is 1. The summed E-state index contributed by atoms with van der Waals surface area (Å²) in [7, 11) is 0. The number of hydrogen-bond acceptors (Lipinski definition) is 2. The molecule has 3 fully saturated rings. The van der Waals surface area contributed by atoms with Crippen molar-refractivity contribution in [1.82, 2.24) is 14.8 Å². The van der Waals surface area contributed by atoms with Gasteiger partial charge in [0.1, 0.15) is 0 Å². The Hall–Kier alpha value is -2.07. The Morgan fingerprint density at radius 1 is 1.08 bits per heavy atom. The average molecular weight is 337 g/mol. The number of hydrogen-bond donors (Lipinski definition) is 1. The smallest absolute Gasteiger partial charge is 0.255 e. The Balaban J connectivity index is 1.35. The Kier molecular flexibility index (Phi) is 4.88. The van der Waals surface area contributed by atoms with Crippen molar-refractivity contribution in [1.29, 1.82) is 0 Å². The van der Waals surface area contributed by atoms with Crippen molar-refractivity contribution in [3.8, 4) is 0 Å². The molecule has 0 unspecified atom stereocenters. The van der Waals surface area contributed by atoms with Crippen molar-refractivity contribution in [3.63, 3.8) is 0 Å². The molecule has 1 amide bonds. The SMILES string of the molecule is O=C(c1cc[nH]c1)N1C[C@H]2CC[C@@H]1CN(CCCc1ccccc1)C2. The lowest BCUT2D eigenvalue weighted by molar-refractivity contribution is 0.0585. The van der Waals surface area contributed by atoms with Gasteiger partial charge in [0.15, 0.2) is 0 Å². The number of carbonyl (C=O) groups is 1. The van der Waals surface area contributed by atoms with Gasteiger partial charge in [-0.25, -0.2) is 0 Å². The Morgan fingerprint density at radius 2 is 1.96 bits per heavy atom. The van der Waals surface area contributed by atoms with Crippen LogP contribution >= 0.6 is 0 Å². The zero-order valence-electron chi connectivity index (χ0n) is 14.7. The minimum atomic E-state index is 0.196. The first-order valence-electron chi connectivity index (χ1n) is 9.49. The molecule has 132 valence electrons. The molecule has 1 aromatic carbocycles. The molecule has 4 heterocycles. The normalized spacial score (nSPS) is 23.6. The molecule has 0 spiro atoms. The predicted molar refractivity (Wildman–Crippen MR) is 99.5 cm³/mol. The van der Waals surface area contributed by atoms with Crippen LogP contribution in [0.15, 0.2) is 48.8 Å². The summed E-state index contributed by atoms with van der Waals surface area (Å²) in [5.74, 6) is 0.820. The van der Waals surface area contributed by atoms with Gasteiger partial charge in [0.2, 0.25) is 0 Å². The van der Waals surface area contributed by atoms with Gasteiger partial charge in [0.25, 0.3) is 5.91 Å². The van der Waals surface area contributed by atoms with Crippen LogP contribution in [0.5, 0.6) is 0 Å². The lowest BCUT2D eigenvalue weighted by Crippen LogP contribution is -2.47. The lowest BCUT2D eigenvalue weighted by Gasteiger charge is -2.36. The number of rotatable bonds is 5. The second-order valence-electron chi connectivity index (χ2n) is 7.50. The molecule has 3 aliphatic heterocycles. The number of carbonyl (C=O) groups excluding carboxylic acids is 1. The zero-order chi connectivity index (χ0) is 17.1. The van der Waals surface area contributed by atoms with Gasteiger partial charge in [-0.05, 0) is 49.8 Å². The van der Waals surface area contributed by atoms with Crippen molar-refractivity contribution in [3.05, 3.63) is 59.9 Å². The monoisotopic (exact) mass is 337 g/mol. The molecule has 2 aromatic rings. The molecule has 4 heteroatoms. The minimum Gasteiger partial charge on any atom is -0.367 e. The Bertz CT molecular complexity index is 682. The fourth-order valence-corrected chi connectivity index (χ4v) is 4.38. The maximum atomic E-state index is 12.8. The third-order valence-electron chi connectivity index (χ3n) is 5.68. The first-order chi connectivity index (χ1) is 12.3. The molecule has 0 radical (unpaired) electrons. The van der Waals surface area contributed by atoms with Crippen LogP contribution < -0.4 is 0 Å². The number of aryl methyl sites for hydroxylation is 1. The van der Waals surface area contributed by atoms with Gasteiger partial charge < -0.3 is 14.8 Å². The highest BCUT2D eigenvalue weighted by atomic mass is 16.2. The quantitative estimate of drug-likeness (QED) is 0.910. The predicted octanol–water partition coefficient (Wildman–Crippen LogP) is 3.18. The fraction of sp³-hybridized carbons (Fsp3) is 0.476. The molecule has 3 saturated heterocycles. The number of amides is 1. The summed E-state index contributed by atoms with van der Waals surface area (Å²) >= 11 is 0. The number of nitrogens with zero attached hydrogens (tertiary/aromatic N) is 2. The summed E-state index contributed by atoms with van der Waals surface area (Å²) in [5.41, 5.74) is 2.22. The van der Waals surface area contributed by atoms with E-state index in [2.05, 4.69) is 45.1 Å². The maximum absolute atomic E-state index is 12.8. The Labute approximate surface area is 149 Å². The molecule has 1 aromatic heterocycles. The van der Waals surface area contributed by atoms with Crippen molar-refractivity contribution in [2.75, 3.05) is 26.2 Å². The third-order valence-corrected chi connectivity index (χ3v) is 5.68. The summed E-state index contributed by atoms with van der Waals surface area (Å²) in [6.07, 6.45) is 8.39. The topological polar surface area (TPSA) is 39.3 Å². The van der Waals surface area contributed by atoms with Crippen LogP contribution in [0.1, 0.15) is 35.2 Å². The van der Waals surface area contributed by atoms with Gasteiger partial charge >= 0.3 is 0 Å². The van der Waals surface area contributed by atoms with E-state index >= 15 is 0 Å². The summed E-state index contributed by atoms with van der Waals surface area (Å²) in [6, 6.07) is 13.0. The van der Waals surface area contributed by atoms with E-state index in [1.54, 1.807) is 0 Å². The van der Waals surface area contributed by atoms with Gasteiger partial charge in [-0.3, -0.25) is 4.79 Å². The summed E-state index contributed by atoms with van der Waals surface area (Å²) in [5, 5.41) is 0. The van der Waals surface area contributed by atoms with E-state index in [4.69, 9.17) is 0 Å². The minimum absolute atomic E-state index is 0.196. The fourth-order valence-electron chi connectivity index (χ4n) is 4.38. The van der Waals surface area contributed by atoms with Crippen molar-refractivity contribution >= 4 is 5.91 Å². The standard InChI is InChI=1S/C21H27N3O/c25-21(19-10-11-22-13-19)24-15-18-8-9-20(24)16-23(14-18)12-4-7-17-5-2-1-3-6-17/h1-3,5-6,10-11,13,18,20,22H,4,7-9,12,14-16H2/t18-,20+/m0/s1. The molecular formula is C21H27N3O. The van der Waals surface area contributed by atoms with E-state index in [1.165, 1.54) is 18.4 Å². The van der Waals surface area contributed by atoms with Crippen molar-refractivity contribution in [2.24, 2.45) is 5.92 Å². The molecule has 4 nitrogen and oxygen atoms in total. The molecule has 2 atom stereocenters. The van der Waals surface area contributed by atoms with Gasteiger partial charge in [-0.2, -0.15) is 0 Å². The van der Waals surface area contributed by atoms with Gasteiger partial charge in [-0.1, -0.05) is 30.3 Å². The van der Waals surface area contributed by atoms with Crippen molar-refractivity contribution < 1.29 is 4.79 Å². The second kappa shape index (κ2) is 7.44. The lowest BCUT2D eigenvalue weighted by atomic mass is 9.94. The number of H-pyrrole nitrogens is 1. The zero-order valence-corrected chi connectivity index (χ0v) is 14.7.